The van der Waals surface area contributed by atoms with Crippen LogP contribution in [0.25, 0.3) is 5.65 Å². The molecule has 0 bridgehead atoms. The summed E-state index contributed by atoms with van der Waals surface area (Å²) in [4.78, 5) is 4.10. The number of rotatable bonds is 1. The molecule has 0 aliphatic heterocycles. The minimum Gasteiger partial charge on any atom is -0.392 e. The number of pyridine rings is 1. The fourth-order valence-electron chi connectivity index (χ4n) is 1.10. The van der Waals surface area contributed by atoms with Gasteiger partial charge in [-0.1, -0.05) is 0 Å². The number of aromatic nitrogens is 2. The van der Waals surface area contributed by atoms with Gasteiger partial charge in [0.1, 0.15) is 5.65 Å². The second-order valence-electron chi connectivity index (χ2n) is 2.50. The summed E-state index contributed by atoms with van der Waals surface area (Å²) in [6.07, 6.45) is 5.47. The van der Waals surface area contributed by atoms with Gasteiger partial charge in [-0.15, -0.1) is 0 Å². The van der Waals surface area contributed by atoms with Gasteiger partial charge in [0.25, 0.3) is 0 Å². The summed E-state index contributed by atoms with van der Waals surface area (Å²) < 4.78 is 2.79. The number of imidazole rings is 1. The van der Waals surface area contributed by atoms with Crippen LogP contribution in [0.5, 0.6) is 0 Å². The zero-order chi connectivity index (χ0) is 8.55. The highest BCUT2D eigenvalue weighted by Gasteiger charge is 2.01. The molecule has 4 heteroatoms. The largest absolute Gasteiger partial charge is 0.392 e. The molecule has 2 heterocycles. The molecule has 0 radical (unpaired) electrons. The molecular weight excluding hydrogens is 220 g/mol. The highest BCUT2D eigenvalue weighted by molar-refractivity contribution is 9.10. The monoisotopic (exact) mass is 226 g/mol. The normalized spacial score (nSPS) is 10.8. The Morgan fingerprint density at radius 1 is 1.58 bits per heavy atom. The zero-order valence-corrected chi connectivity index (χ0v) is 7.82. The van der Waals surface area contributed by atoms with E-state index in [-0.39, 0.29) is 6.61 Å². The molecule has 0 aliphatic rings. The molecule has 12 heavy (non-hydrogen) atoms. The molecule has 0 spiro atoms. The van der Waals surface area contributed by atoms with Gasteiger partial charge in [-0.25, -0.2) is 4.98 Å². The molecule has 0 atom stereocenters. The van der Waals surface area contributed by atoms with Gasteiger partial charge >= 0.3 is 0 Å². The third-order valence-corrected chi connectivity index (χ3v) is 2.45. The maximum Gasteiger partial charge on any atom is 0.137 e. The summed E-state index contributed by atoms with van der Waals surface area (Å²) in [6.45, 7) is 0.0317. The van der Waals surface area contributed by atoms with Crippen LogP contribution in [0.3, 0.4) is 0 Å². The minimum atomic E-state index is 0.0317. The van der Waals surface area contributed by atoms with Crippen molar-refractivity contribution >= 4 is 21.6 Å². The van der Waals surface area contributed by atoms with E-state index in [1.54, 1.807) is 6.20 Å². The van der Waals surface area contributed by atoms with Gasteiger partial charge in [0.2, 0.25) is 0 Å². The predicted octanol–water partition coefficient (Wildman–Crippen LogP) is 1.59. The SMILES string of the molecule is OCc1cc2nccn2cc1Br. The van der Waals surface area contributed by atoms with Crippen molar-refractivity contribution in [2.75, 3.05) is 0 Å². The summed E-state index contributed by atoms with van der Waals surface area (Å²) in [7, 11) is 0. The number of aliphatic hydroxyl groups is 1. The Bertz CT molecular complexity index is 410. The molecule has 2 aromatic rings. The number of hydrogen-bond acceptors (Lipinski definition) is 2. The van der Waals surface area contributed by atoms with Gasteiger partial charge in [0.05, 0.1) is 6.61 Å². The third kappa shape index (κ3) is 1.13. The number of fused-ring (bicyclic) bond motifs is 1. The second kappa shape index (κ2) is 2.88. The van der Waals surface area contributed by atoms with Crippen molar-refractivity contribution in [3.8, 4) is 0 Å². The molecule has 2 rings (SSSR count). The molecule has 0 aliphatic carbocycles. The van der Waals surface area contributed by atoms with E-state index in [1.165, 1.54) is 0 Å². The third-order valence-electron chi connectivity index (χ3n) is 1.73. The Morgan fingerprint density at radius 3 is 3.17 bits per heavy atom. The second-order valence-corrected chi connectivity index (χ2v) is 3.35. The van der Waals surface area contributed by atoms with E-state index in [0.29, 0.717) is 0 Å². The summed E-state index contributed by atoms with van der Waals surface area (Å²) in [6, 6.07) is 1.85. The molecule has 0 aromatic carbocycles. The summed E-state index contributed by atoms with van der Waals surface area (Å²) in [5, 5.41) is 8.95. The molecule has 0 saturated heterocycles. The van der Waals surface area contributed by atoms with Gasteiger partial charge < -0.3 is 9.51 Å². The van der Waals surface area contributed by atoms with Crippen molar-refractivity contribution < 1.29 is 5.11 Å². The van der Waals surface area contributed by atoms with Crippen LogP contribution >= 0.6 is 15.9 Å². The summed E-state index contributed by atoms with van der Waals surface area (Å²) in [5.74, 6) is 0. The molecule has 62 valence electrons. The van der Waals surface area contributed by atoms with Gasteiger partial charge in [-0.2, -0.15) is 0 Å². The Labute approximate surface area is 77.8 Å². The van der Waals surface area contributed by atoms with Crippen molar-refractivity contribution in [1.29, 1.82) is 0 Å². The van der Waals surface area contributed by atoms with Crippen LogP contribution in [0.4, 0.5) is 0 Å². The molecule has 0 fully saturated rings. The average Bonchev–Trinajstić information content (AvgIpc) is 2.49. The van der Waals surface area contributed by atoms with Crippen LogP contribution in [0.2, 0.25) is 0 Å². The van der Waals surface area contributed by atoms with Crippen molar-refractivity contribution in [3.63, 3.8) is 0 Å². The maximum absolute atomic E-state index is 8.95. The fourth-order valence-corrected chi connectivity index (χ4v) is 1.56. The lowest BCUT2D eigenvalue weighted by atomic mass is 10.3. The topological polar surface area (TPSA) is 37.5 Å². The molecule has 3 nitrogen and oxygen atoms in total. The van der Waals surface area contributed by atoms with Gasteiger partial charge in [0.15, 0.2) is 0 Å². The molecular formula is C8H7BrN2O. The smallest absolute Gasteiger partial charge is 0.137 e. The molecule has 1 N–H and O–H groups in total. The van der Waals surface area contributed by atoms with Gasteiger partial charge in [-0.3, -0.25) is 0 Å². The van der Waals surface area contributed by atoms with Crippen molar-refractivity contribution in [2.45, 2.75) is 6.61 Å². The van der Waals surface area contributed by atoms with Gasteiger partial charge in [0, 0.05) is 23.1 Å². The van der Waals surface area contributed by atoms with Crippen LogP contribution in [0.1, 0.15) is 5.56 Å². The van der Waals surface area contributed by atoms with Crippen molar-refractivity contribution in [2.24, 2.45) is 0 Å². The van der Waals surface area contributed by atoms with E-state index in [2.05, 4.69) is 20.9 Å². The highest BCUT2D eigenvalue weighted by atomic mass is 79.9. The van der Waals surface area contributed by atoms with Gasteiger partial charge in [-0.05, 0) is 27.6 Å². The van der Waals surface area contributed by atoms with E-state index in [1.807, 2.05) is 22.9 Å². The number of halogens is 1. The van der Waals surface area contributed by atoms with Crippen LogP contribution in [0.15, 0.2) is 29.1 Å². The summed E-state index contributed by atoms with van der Waals surface area (Å²) >= 11 is 3.35. The lowest BCUT2D eigenvalue weighted by Crippen LogP contribution is -1.90. The van der Waals surface area contributed by atoms with E-state index in [9.17, 15) is 0 Å². The number of hydrogen-bond donors (Lipinski definition) is 1. The predicted molar refractivity (Wildman–Crippen MR) is 48.8 cm³/mol. The zero-order valence-electron chi connectivity index (χ0n) is 6.24. The Morgan fingerprint density at radius 2 is 2.42 bits per heavy atom. The Kier molecular flexibility index (Phi) is 1.86. The molecule has 2 aromatic heterocycles. The van der Waals surface area contributed by atoms with Crippen LogP contribution in [0, 0.1) is 0 Å². The minimum absolute atomic E-state index is 0.0317. The Balaban J connectivity index is 2.73. The van der Waals surface area contributed by atoms with Crippen LogP contribution in [-0.4, -0.2) is 14.5 Å². The van der Waals surface area contributed by atoms with E-state index >= 15 is 0 Å². The van der Waals surface area contributed by atoms with E-state index < -0.39 is 0 Å². The number of aliphatic hydroxyl groups excluding tert-OH is 1. The van der Waals surface area contributed by atoms with Crippen LogP contribution < -0.4 is 0 Å². The summed E-state index contributed by atoms with van der Waals surface area (Å²) in [5.41, 5.74) is 1.70. The highest BCUT2D eigenvalue weighted by Crippen LogP contribution is 2.17. The average molecular weight is 227 g/mol. The lowest BCUT2D eigenvalue weighted by Gasteiger charge is -2.00. The lowest BCUT2D eigenvalue weighted by molar-refractivity contribution is 0.281. The first kappa shape index (κ1) is 7.76. The molecule has 0 unspecified atom stereocenters. The van der Waals surface area contributed by atoms with Crippen molar-refractivity contribution in [1.82, 2.24) is 9.38 Å². The standard InChI is InChI=1S/C8H7BrN2O/c9-7-4-11-2-1-10-8(11)3-6(7)5-12/h1-4,12H,5H2. The fraction of sp³-hybridized carbons (Fsp3) is 0.125. The molecule has 0 amide bonds. The quantitative estimate of drug-likeness (QED) is 0.803. The maximum atomic E-state index is 8.95. The first-order valence-electron chi connectivity index (χ1n) is 3.53. The van der Waals surface area contributed by atoms with Crippen LogP contribution in [-0.2, 0) is 6.61 Å². The molecule has 0 saturated carbocycles. The first-order valence-corrected chi connectivity index (χ1v) is 4.32. The number of nitrogens with zero attached hydrogens (tertiary/aromatic N) is 2. The van der Waals surface area contributed by atoms with E-state index in [4.69, 9.17) is 5.11 Å². The first-order chi connectivity index (χ1) is 5.81. The Hall–Kier alpha value is -0.870. The van der Waals surface area contributed by atoms with Crippen molar-refractivity contribution in [3.05, 3.63) is 34.7 Å². The van der Waals surface area contributed by atoms with E-state index in [0.717, 1.165) is 15.7 Å².